The van der Waals surface area contributed by atoms with Gasteiger partial charge in [0, 0.05) is 24.3 Å². The van der Waals surface area contributed by atoms with Crippen LogP contribution in [0.25, 0.3) is 0 Å². The molecule has 0 unspecified atom stereocenters. The molecule has 112 valence electrons. The molecule has 1 saturated heterocycles. The van der Waals surface area contributed by atoms with Gasteiger partial charge in [0.1, 0.15) is 0 Å². The smallest absolute Gasteiger partial charge is 0.0960 e. The largest absolute Gasteiger partial charge is 1.00 e. The fourth-order valence-corrected chi connectivity index (χ4v) is 2.25. The maximum atomic E-state index is 5.71. The summed E-state index contributed by atoms with van der Waals surface area (Å²) in [6.45, 7) is 4.78. The van der Waals surface area contributed by atoms with Crippen molar-refractivity contribution in [1.29, 1.82) is 0 Å². The third kappa shape index (κ3) is 6.09. The zero-order valence-corrected chi connectivity index (χ0v) is 13.9. The van der Waals surface area contributed by atoms with Crippen molar-refractivity contribution in [2.24, 2.45) is 0 Å². The van der Waals surface area contributed by atoms with E-state index < -0.39 is 0 Å². The predicted octanol–water partition coefficient (Wildman–Crippen LogP) is -0.597. The molecule has 0 spiro atoms. The van der Waals surface area contributed by atoms with Crippen molar-refractivity contribution in [3.05, 3.63) is 24.3 Å². The third-order valence-electron chi connectivity index (χ3n) is 3.42. The van der Waals surface area contributed by atoms with Gasteiger partial charge < -0.3 is 27.5 Å². The highest BCUT2D eigenvalue weighted by Crippen LogP contribution is 2.19. The van der Waals surface area contributed by atoms with Crippen LogP contribution in [0.15, 0.2) is 24.3 Å². The maximum absolute atomic E-state index is 5.71. The summed E-state index contributed by atoms with van der Waals surface area (Å²) < 4.78 is 1.13. The molecule has 0 radical (unpaired) electrons. The van der Waals surface area contributed by atoms with Crippen LogP contribution in [0.1, 0.15) is 6.42 Å². The Hall–Kier alpha value is -0.350. The number of quaternary nitrogens is 1. The molecule has 1 aliphatic heterocycles. The van der Waals surface area contributed by atoms with Crippen molar-refractivity contribution in [1.82, 2.24) is 0 Å². The van der Waals surface area contributed by atoms with E-state index in [0.29, 0.717) is 0 Å². The number of hydrogen-bond donors (Lipinski definition) is 1. The quantitative estimate of drug-likeness (QED) is 0.551. The minimum atomic E-state index is 0. The summed E-state index contributed by atoms with van der Waals surface area (Å²) >= 11 is 0. The third-order valence-corrected chi connectivity index (χ3v) is 3.42. The maximum Gasteiger partial charge on any atom is 0.0960 e. The normalized spacial score (nSPS) is 17.3. The lowest BCUT2D eigenvalue weighted by Crippen LogP contribution is -3.00. The van der Waals surface area contributed by atoms with Crippen LogP contribution < -0.4 is 23.0 Å². The number of rotatable bonds is 1. The summed E-state index contributed by atoms with van der Waals surface area (Å²) in [6, 6.07) is 8.22. The van der Waals surface area contributed by atoms with Gasteiger partial charge in [-0.25, -0.2) is 0 Å². The summed E-state index contributed by atoms with van der Waals surface area (Å²) in [6.07, 6.45) is 1.26. The molecular weight excluding hydrogens is 305 g/mol. The molecule has 6 heteroatoms. The fourth-order valence-electron chi connectivity index (χ4n) is 2.25. The summed E-state index contributed by atoms with van der Waals surface area (Å²) in [4.78, 5) is 2.46. The Kier molecular flexibility index (Phi) is 9.65. The van der Waals surface area contributed by atoms with Crippen molar-refractivity contribution < 1.29 is 16.9 Å². The molecule has 0 amide bonds. The van der Waals surface area contributed by atoms with E-state index in [2.05, 4.69) is 31.1 Å². The van der Waals surface area contributed by atoms with Gasteiger partial charge in [-0.3, -0.25) is 0 Å². The minimum absolute atomic E-state index is 0. The number of likely N-dealkylation sites (N-methyl/N-ethyl adjacent to an activating group) is 1. The Morgan fingerprint density at radius 2 is 1.58 bits per heavy atom. The number of nitrogens with two attached hydrogens (primary N) is 1. The lowest BCUT2D eigenvalue weighted by molar-refractivity contribution is -0.887. The Morgan fingerprint density at radius 3 is 2.16 bits per heavy atom. The molecule has 1 aromatic carbocycles. The molecule has 3 nitrogen and oxygen atoms in total. The molecule has 0 saturated carbocycles. The van der Waals surface area contributed by atoms with Crippen LogP contribution >= 0.6 is 24.8 Å². The molecule has 1 heterocycles. The average molecular weight is 329 g/mol. The zero-order chi connectivity index (χ0) is 11.6. The van der Waals surface area contributed by atoms with Crippen LogP contribution in [0.5, 0.6) is 0 Å². The van der Waals surface area contributed by atoms with Crippen molar-refractivity contribution in [2.75, 3.05) is 50.9 Å². The molecule has 0 atom stereocenters. The molecule has 0 bridgehead atoms. The van der Waals surface area contributed by atoms with E-state index >= 15 is 0 Å². The zero-order valence-electron chi connectivity index (χ0n) is 11.5. The van der Waals surface area contributed by atoms with Crippen LogP contribution in [-0.4, -0.2) is 44.8 Å². The predicted molar refractivity (Wildman–Crippen MR) is 84.0 cm³/mol. The molecule has 2 rings (SSSR count). The van der Waals surface area contributed by atoms with Crippen molar-refractivity contribution in [3.63, 3.8) is 0 Å². The van der Waals surface area contributed by atoms with E-state index in [-0.39, 0.29) is 37.2 Å². The molecule has 1 fully saturated rings. The van der Waals surface area contributed by atoms with Gasteiger partial charge in [0.2, 0.25) is 0 Å². The van der Waals surface area contributed by atoms with Crippen LogP contribution in [-0.2, 0) is 0 Å². The van der Waals surface area contributed by atoms with Gasteiger partial charge in [-0.05, 0) is 24.3 Å². The summed E-state index contributed by atoms with van der Waals surface area (Å²) in [5.41, 5.74) is 7.85. The molecule has 0 aromatic heterocycles. The fraction of sp³-hybridized carbons (Fsp3) is 0.538. The highest BCUT2D eigenvalue weighted by atomic mass is 35.5. The number of nitrogen functional groups attached to an aromatic ring is 1. The summed E-state index contributed by atoms with van der Waals surface area (Å²) in [7, 11) is 4.62. The first-order valence-electron chi connectivity index (χ1n) is 5.99. The van der Waals surface area contributed by atoms with Gasteiger partial charge in [0.25, 0.3) is 0 Å². The van der Waals surface area contributed by atoms with Gasteiger partial charge in [-0.15, -0.1) is 24.8 Å². The number of benzene rings is 1. The van der Waals surface area contributed by atoms with E-state index in [9.17, 15) is 0 Å². The molecule has 2 N–H and O–H groups in total. The number of halogens is 3. The highest BCUT2D eigenvalue weighted by molar-refractivity contribution is 5.85. The second-order valence-electron chi connectivity index (χ2n) is 5.32. The van der Waals surface area contributed by atoms with Gasteiger partial charge in [0.15, 0.2) is 0 Å². The van der Waals surface area contributed by atoms with Crippen LogP contribution in [0.2, 0.25) is 0 Å². The van der Waals surface area contributed by atoms with Crippen molar-refractivity contribution in [3.8, 4) is 0 Å². The topological polar surface area (TPSA) is 29.3 Å². The summed E-state index contributed by atoms with van der Waals surface area (Å²) in [5, 5.41) is 0. The Labute approximate surface area is 135 Å². The van der Waals surface area contributed by atoms with E-state index in [0.717, 1.165) is 23.3 Å². The monoisotopic (exact) mass is 327 g/mol. The Balaban J connectivity index is 0. The summed E-state index contributed by atoms with van der Waals surface area (Å²) in [5.74, 6) is 0. The van der Waals surface area contributed by atoms with Crippen LogP contribution in [0.4, 0.5) is 11.4 Å². The van der Waals surface area contributed by atoms with E-state index in [1.165, 1.54) is 25.2 Å². The van der Waals surface area contributed by atoms with Gasteiger partial charge in [0.05, 0.1) is 33.7 Å². The van der Waals surface area contributed by atoms with Crippen molar-refractivity contribution >= 4 is 36.2 Å². The molecule has 19 heavy (non-hydrogen) atoms. The second-order valence-corrected chi connectivity index (χ2v) is 5.32. The van der Waals surface area contributed by atoms with Crippen molar-refractivity contribution in [2.45, 2.75) is 6.42 Å². The molecular formula is C13H24Cl3N3. The Bertz CT molecular complexity index is 355. The lowest BCUT2D eigenvalue weighted by Gasteiger charge is -2.28. The number of nitrogens with zero attached hydrogens (tertiary/aromatic N) is 2. The van der Waals surface area contributed by atoms with Crippen LogP contribution in [0.3, 0.4) is 0 Å². The lowest BCUT2D eigenvalue weighted by atomic mass is 10.2. The molecule has 1 aliphatic rings. The molecule has 1 aromatic rings. The van der Waals surface area contributed by atoms with Gasteiger partial charge in [-0.1, -0.05) is 0 Å². The van der Waals surface area contributed by atoms with E-state index in [1.54, 1.807) is 0 Å². The first kappa shape index (κ1) is 21.0. The molecule has 0 aliphatic carbocycles. The highest BCUT2D eigenvalue weighted by Gasteiger charge is 2.21. The van der Waals surface area contributed by atoms with E-state index in [4.69, 9.17) is 5.73 Å². The number of hydrogen-bond acceptors (Lipinski definition) is 2. The Morgan fingerprint density at radius 1 is 1.00 bits per heavy atom. The average Bonchev–Trinajstić information content (AvgIpc) is 2.41. The first-order valence-corrected chi connectivity index (χ1v) is 5.99. The standard InChI is InChI=1S/C13H22N3.3ClH/c1-16(2)10-3-8-15(9-11-16)13-6-4-12(14)5-7-13;;;/h4-7H,3,8-11,14H2,1-2H3;3*1H/q+1;;;/p-1. The number of anilines is 2. The van der Waals surface area contributed by atoms with Crippen LogP contribution in [0, 0.1) is 0 Å². The SMILES string of the molecule is C[N+]1(C)CCCN(c2ccc(N)cc2)CC1.Cl.Cl.[Cl-]. The van der Waals surface area contributed by atoms with E-state index in [1.807, 2.05) is 12.1 Å². The minimum Gasteiger partial charge on any atom is -1.00 e. The van der Waals surface area contributed by atoms with Gasteiger partial charge >= 0.3 is 0 Å². The second kappa shape index (κ2) is 8.75. The first-order chi connectivity index (χ1) is 7.57. The van der Waals surface area contributed by atoms with Gasteiger partial charge in [-0.2, -0.15) is 0 Å².